The van der Waals surface area contributed by atoms with Gasteiger partial charge in [-0.25, -0.2) is 0 Å². The molecule has 2 rings (SSSR count). The van der Waals surface area contributed by atoms with Crippen LogP contribution in [0.3, 0.4) is 0 Å². The molecule has 1 aromatic heterocycles. The Labute approximate surface area is 102 Å². The molecule has 0 saturated carbocycles. The van der Waals surface area contributed by atoms with Crippen molar-refractivity contribution in [2.75, 3.05) is 13.7 Å². The molecule has 1 heterocycles. The average Bonchev–Trinajstić information content (AvgIpc) is 2.72. The highest BCUT2D eigenvalue weighted by molar-refractivity contribution is 5.86. The summed E-state index contributed by atoms with van der Waals surface area (Å²) in [6, 6.07) is 4.02. The van der Waals surface area contributed by atoms with E-state index in [-0.39, 0.29) is 5.92 Å². The maximum absolute atomic E-state index is 12.2. The van der Waals surface area contributed by atoms with Gasteiger partial charge in [0, 0.05) is 26.3 Å². The summed E-state index contributed by atoms with van der Waals surface area (Å²) in [6.07, 6.45) is 4.28. The minimum atomic E-state index is 0.0190. The standard InChI is InChI=1S/C14H19NO2/c1-10(9-17-2)8-13(16)12-6-5-11-4-3-7-15-14(11)12/h3-4,7,10,12H,5-6,8-9H2,1-2H3. The minimum Gasteiger partial charge on any atom is -0.384 e. The van der Waals surface area contributed by atoms with E-state index in [2.05, 4.69) is 18.0 Å². The fourth-order valence-corrected chi connectivity index (χ4v) is 2.56. The van der Waals surface area contributed by atoms with E-state index in [0.29, 0.717) is 24.7 Å². The lowest BCUT2D eigenvalue weighted by atomic mass is 9.94. The van der Waals surface area contributed by atoms with Crippen LogP contribution in [-0.2, 0) is 16.0 Å². The van der Waals surface area contributed by atoms with E-state index in [9.17, 15) is 4.79 Å². The number of rotatable bonds is 5. The maximum atomic E-state index is 12.2. The molecule has 0 radical (unpaired) electrons. The van der Waals surface area contributed by atoms with Gasteiger partial charge in [-0.15, -0.1) is 0 Å². The van der Waals surface area contributed by atoms with Gasteiger partial charge < -0.3 is 4.74 Å². The molecule has 1 aliphatic rings. The molecule has 0 aromatic carbocycles. The summed E-state index contributed by atoms with van der Waals surface area (Å²) in [5.74, 6) is 0.623. The molecule has 0 saturated heterocycles. The number of methoxy groups -OCH3 is 1. The van der Waals surface area contributed by atoms with Crippen molar-refractivity contribution in [2.24, 2.45) is 5.92 Å². The van der Waals surface area contributed by atoms with Crippen LogP contribution in [0.2, 0.25) is 0 Å². The topological polar surface area (TPSA) is 39.2 Å². The van der Waals surface area contributed by atoms with Gasteiger partial charge in [0.25, 0.3) is 0 Å². The van der Waals surface area contributed by atoms with Gasteiger partial charge in [0.1, 0.15) is 5.78 Å². The van der Waals surface area contributed by atoms with Gasteiger partial charge in [-0.3, -0.25) is 9.78 Å². The molecular formula is C14H19NO2. The highest BCUT2D eigenvalue weighted by Crippen LogP contribution is 2.33. The van der Waals surface area contributed by atoms with Crippen LogP contribution in [0, 0.1) is 5.92 Å². The summed E-state index contributed by atoms with van der Waals surface area (Å²) in [5.41, 5.74) is 2.24. The van der Waals surface area contributed by atoms with Gasteiger partial charge in [0.2, 0.25) is 0 Å². The van der Waals surface area contributed by atoms with Crippen molar-refractivity contribution >= 4 is 5.78 Å². The van der Waals surface area contributed by atoms with Crippen molar-refractivity contribution in [3.63, 3.8) is 0 Å². The summed E-state index contributed by atoms with van der Waals surface area (Å²) in [5, 5.41) is 0. The van der Waals surface area contributed by atoms with Crippen molar-refractivity contribution in [1.82, 2.24) is 4.98 Å². The molecule has 0 aliphatic heterocycles. The second-order valence-corrected chi connectivity index (χ2v) is 4.87. The predicted octanol–water partition coefficient (Wildman–Crippen LogP) is 2.35. The number of hydrogen-bond acceptors (Lipinski definition) is 3. The highest BCUT2D eigenvalue weighted by atomic mass is 16.5. The van der Waals surface area contributed by atoms with E-state index in [1.807, 2.05) is 6.07 Å². The Morgan fingerprint density at radius 3 is 3.24 bits per heavy atom. The molecule has 3 nitrogen and oxygen atoms in total. The highest BCUT2D eigenvalue weighted by Gasteiger charge is 2.29. The Hall–Kier alpha value is -1.22. The zero-order valence-corrected chi connectivity index (χ0v) is 10.5. The number of pyridine rings is 1. The Bertz CT molecular complexity index is 403. The molecule has 2 atom stereocenters. The van der Waals surface area contributed by atoms with E-state index in [0.717, 1.165) is 18.5 Å². The molecule has 0 fully saturated rings. The first-order valence-electron chi connectivity index (χ1n) is 6.17. The lowest BCUT2D eigenvalue weighted by molar-refractivity contribution is -0.121. The first kappa shape index (κ1) is 12.2. The summed E-state index contributed by atoms with van der Waals surface area (Å²) in [4.78, 5) is 16.6. The van der Waals surface area contributed by atoms with Gasteiger partial charge in [-0.2, -0.15) is 0 Å². The quantitative estimate of drug-likeness (QED) is 0.783. The number of hydrogen-bond donors (Lipinski definition) is 0. The van der Waals surface area contributed by atoms with Crippen molar-refractivity contribution < 1.29 is 9.53 Å². The van der Waals surface area contributed by atoms with E-state index < -0.39 is 0 Å². The van der Waals surface area contributed by atoms with Crippen LogP contribution in [0.25, 0.3) is 0 Å². The zero-order valence-electron chi connectivity index (χ0n) is 10.5. The smallest absolute Gasteiger partial charge is 0.142 e. The Kier molecular flexibility index (Phi) is 3.89. The maximum Gasteiger partial charge on any atom is 0.142 e. The third kappa shape index (κ3) is 2.72. The predicted molar refractivity (Wildman–Crippen MR) is 66.0 cm³/mol. The van der Waals surface area contributed by atoms with Gasteiger partial charge in [0.05, 0.1) is 11.6 Å². The van der Waals surface area contributed by atoms with Crippen LogP contribution >= 0.6 is 0 Å². The van der Waals surface area contributed by atoms with Gasteiger partial charge >= 0.3 is 0 Å². The van der Waals surface area contributed by atoms with Crippen molar-refractivity contribution in [2.45, 2.75) is 32.1 Å². The number of ketones is 1. The van der Waals surface area contributed by atoms with Crippen molar-refractivity contribution in [1.29, 1.82) is 0 Å². The number of aryl methyl sites for hydroxylation is 1. The lowest BCUT2D eigenvalue weighted by Crippen LogP contribution is -2.16. The van der Waals surface area contributed by atoms with Crippen LogP contribution in [0.1, 0.15) is 36.9 Å². The largest absolute Gasteiger partial charge is 0.384 e. The van der Waals surface area contributed by atoms with Crippen molar-refractivity contribution in [3.8, 4) is 0 Å². The monoisotopic (exact) mass is 233 g/mol. The van der Waals surface area contributed by atoms with Crippen LogP contribution in [0.15, 0.2) is 18.3 Å². The van der Waals surface area contributed by atoms with E-state index in [4.69, 9.17) is 4.74 Å². The molecular weight excluding hydrogens is 214 g/mol. The first-order valence-corrected chi connectivity index (χ1v) is 6.17. The number of ether oxygens (including phenoxy) is 1. The SMILES string of the molecule is COCC(C)CC(=O)C1CCc2cccnc21. The second-order valence-electron chi connectivity index (χ2n) is 4.87. The number of aromatic nitrogens is 1. The number of nitrogens with zero attached hydrogens (tertiary/aromatic N) is 1. The number of fused-ring (bicyclic) bond motifs is 1. The Morgan fingerprint density at radius 1 is 1.65 bits per heavy atom. The molecule has 2 unspecified atom stereocenters. The fourth-order valence-electron chi connectivity index (χ4n) is 2.56. The lowest BCUT2D eigenvalue weighted by Gasteiger charge is -2.13. The average molecular weight is 233 g/mol. The molecule has 0 spiro atoms. The van der Waals surface area contributed by atoms with Crippen LogP contribution in [0.4, 0.5) is 0 Å². The third-order valence-electron chi connectivity index (χ3n) is 3.35. The number of carbonyl (C=O) groups excluding carboxylic acids is 1. The fraction of sp³-hybridized carbons (Fsp3) is 0.571. The van der Waals surface area contributed by atoms with E-state index in [1.165, 1.54) is 5.56 Å². The third-order valence-corrected chi connectivity index (χ3v) is 3.35. The molecule has 3 heteroatoms. The molecule has 0 N–H and O–H groups in total. The van der Waals surface area contributed by atoms with Crippen LogP contribution in [-0.4, -0.2) is 24.5 Å². The molecule has 0 bridgehead atoms. The summed E-state index contributed by atoms with van der Waals surface area (Å²) in [7, 11) is 1.67. The number of carbonyl (C=O) groups is 1. The van der Waals surface area contributed by atoms with E-state index >= 15 is 0 Å². The van der Waals surface area contributed by atoms with Crippen LogP contribution in [0.5, 0.6) is 0 Å². The summed E-state index contributed by atoms with van der Waals surface area (Å²) in [6.45, 7) is 2.70. The summed E-state index contributed by atoms with van der Waals surface area (Å²) < 4.78 is 5.07. The molecule has 0 amide bonds. The van der Waals surface area contributed by atoms with E-state index in [1.54, 1.807) is 13.3 Å². The van der Waals surface area contributed by atoms with Crippen LogP contribution < -0.4 is 0 Å². The van der Waals surface area contributed by atoms with Gasteiger partial charge in [0.15, 0.2) is 0 Å². The Balaban J connectivity index is 2.02. The first-order chi connectivity index (χ1) is 8.22. The zero-order chi connectivity index (χ0) is 12.3. The second kappa shape index (κ2) is 5.41. The number of Topliss-reactive ketones (excluding diaryl/α,β-unsaturated/α-hetero) is 1. The minimum absolute atomic E-state index is 0.0190. The summed E-state index contributed by atoms with van der Waals surface area (Å²) >= 11 is 0. The Morgan fingerprint density at radius 2 is 2.47 bits per heavy atom. The normalized spacial score (nSPS) is 20.0. The molecule has 92 valence electrons. The molecule has 1 aromatic rings. The van der Waals surface area contributed by atoms with Crippen molar-refractivity contribution in [3.05, 3.63) is 29.6 Å². The molecule has 17 heavy (non-hydrogen) atoms. The van der Waals surface area contributed by atoms with Gasteiger partial charge in [-0.1, -0.05) is 13.0 Å². The van der Waals surface area contributed by atoms with Gasteiger partial charge in [-0.05, 0) is 30.4 Å². The molecule has 1 aliphatic carbocycles.